The molecule has 1 heterocycles. The predicted molar refractivity (Wildman–Crippen MR) is 65.6 cm³/mol. The van der Waals surface area contributed by atoms with E-state index < -0.39 is 0 Å². The minimum Gasteiger partial charge on any atom is -0.298 e. The van der Waals surface area contributed by atoms with Crippen LogP contribution in [-0.4, -0.2) is 11.3 Å². The molecule has 0 unspecified atom stereocenters. The summed E-state index contributed by atoms with van der Waals surface area (Å²) in [4.78, 5) is 15.4. The fraction of sp³-hybridized carbons (Fsp3) is 0.0769. The molecular formula is C13H10FNOS. The van der Waals surface area contributed by atoms with Gasteiger partial charge in [-0.3, -0.25) is 9.78 Å². The summed E-state index contributed by atoms with van der Waals surface area (Å²) in [5.74, 6) is 0.303. The number of hydrogen-bond donors (Lipinski definition) is 0. The van der Waals surface area contributed by atoms with Gasteiger partial charge in [-0.25, -0.2) is 4.39 Å². The van der Waals surface area contributed by atoms with E-state index in [0.29, 0.717) is 11.3 Å². The van der Waals surface area contributed by atoms with Crippen LogP contribution in [-0.2, 0) is 5.75 Å². The Morgan fingerprint density at radius 1 is 1.29 bits per heavy atom. The van der Waals surface area contributed by atoms with Crippen LogP contribution in [0.15, 0.2) is 47.6 Å². The van der Waals surface area contributed by atoms with Crippen LogP contribution < -0.4 is 0 Å². The van der Waals surface area contributed by atoms with Gasteiger partial charge in [0.25, 0.3) is 0 Å². The van der Waals surface area contributed by atoms with Gasteiger partial charge in [-0.1, -0.05) is 12.1 Å². The molecule has 17 heavy (non-hydrogen) atoms. The molecule has 0 saturated carbocycles. The van der Waals surface area contributed by atoms with E-state index in [4.69, 9.17) is 0 Å². The van der Waals surface area contributed by atoms with Crippen molar-refractivity contribution in [3.8, 4) is 0 Å². The number of halogens is 1. The highest BCUT2D eigenvalue weighted by Gasteiger charge is 1.99. The van der Waals surface area contributed by atoms with Gasteiger partial charge < -0.3 is 0 Å². The van der Waals surface area contributed by atoms with Gasteiger partial charge in [0, 0.05) is 22.4 Å². The Labute approximate surface area is 103 Å². The third-order valence-corrected chi connectivity index (χ3v) is 3.23. The number of pyridine rings is 1. The zero-order valence-corrected chi connectivity index (χ0v) is 9.78. The van der Waals surface area contributed by atoms with Gasteiger partial charge in [-0.05, 0) is 23.8 Å². The maximum absolute atomic E-state index is 12.9. The van der Waals surface area contributed by atoms with Crippen LogP contribution in [0.25, 0.3) is 0 Å². The van der Waals surface area contributed by atoms with E-state index in [2.05, 4.69) is 4.98 Å². The molecular weight excluding hydrogens is 237 g/mol. The van der Waals surface area contributed by atoms with Crippen molar-refractivity contribution in [1.29, 1.82) is 0 Å². The quantitative estimate of drug-likeness (QED) is 0.613. The van der Waals surface area contributed by atoms with Crippen LogP contribution in [0.3, 0.4) is 0 Å². The van der Waals surface area contributed by atoms with Gasteiger partial charge in [0.05, 0.1) is 6.20 Å². The fourth-order valence-electron chi connectivity index (χ4n) is 1.38. The Balaban J connectivity index is 2.04. The number of benzene rings is 1. The highest BCUT2D eigenvalue weighted by atomic mass is 32.2. The molecule has 0 saturated heterocycles. The molecule has 0 N–H and O–H groups in total. The Morgan fingerprint density at radius 3 is 2.94 bits per heavy atom. The molecule has 0 fully saturated rings. The highest BCUT2D eigenvalue weighted by Crippen LogP contribution is 2.23. The van der Waals surface area contributed by atoms with E-state index in [1.54, 1.807) is 24.0 Å². The van der Waals surface area contributed by atoms with Crippen molar-refractivity contribution >= 4 is 18.0 Å². The lowest BCUT2D eigenvalue weighted by atomic mass is 10.2. The number of thioether (sulfide) groups is 1. The second-order valence-electron chi connectivity index (χ2n) is 3.49. The van der Waals surface area contributed by atoms with Crippen molar-refractivity contribution in [2.24, 2.45) is 0 Å². The Morgan fingerprint density at radius 2 is 2.18 bits per heavy atom. The zero-order valence-electron chi connectivity index (χ0n) is 8.97. The lowest BCUT2D eigenvalue weighted by Gasteiger charge is -2.02. The average molecular weight is 247 g/mol. The first-order valence-electron chi connectivity index (χ1n) is 5.05. The van der Waals surface area contributed by atoms with Crippen molar-refractivity contribution in [2.45, 2.75) is 10.6 Å². The van der Waals surface area contributed by atoms with Crippen LogP contribution in [0.2, 0.25) is 0 Å². The molecule has 4 heteroatoms. The first-order chi connectivity index (χ1) is 8.28. The Hall–Kier alpha value is -1.68. The highest BCUT2D eigenvalue weighted by molar-refractivity contribution is 7.98. The number of nitrogens with zero attached hydrogens (tertiary/aromatic N) is 1. The summed E-state index contributed by atoms with van der Waals surface area (Å²) in [7, 11) is 0. The van der Waals surface area contributed by atoms with Crippen LogP contribution in [0.5, 0.6) is 0 Å². The van der Waals surface area contributed by atoms with Crippen LogP contribution in [0.1, 0.15) is 15.9 Å². The summed E-state index contributed by atoms with van der Waals surface area (Å²) >= 11 is 1.55. The lowest BCUT2D eigenvalue weighted by Crippen LogP contribution is -1.86. The number of carbonyl (C=O) groups is 1. The fourth-order valence-corrected chi connectivity index (χ4v) is 2.26. The van der Waals surface area contributed by atoms with Gasteiger partial charge in [-0.2, -0.15) is 0 Å². The Kier molecular flexibility index (Phi) is 3.88. The molecule has 0 spiro atoms. The molecule has 1 aromatic heterocycles. The number of carbonyl (C=O) groups excluding carboxylic acids is 1. The van der Waals surface area contributed by atoms with E-state index in [0.717, 1.165) is 16.7 Å². The molecule has 2 aromatic rings. The second-order valence-corrected chi connectivity index (χ2v) is 4.54. The van der Waals surface area contributed by atoms with Crippen molar-refractivity contribution < 1.29 is 9.18 Å². The summed E-state index contributed by atoms with van der Waals surface area (Å²) in [5, 5.41) is 0. The molecule has 1 aromatic carbocycles. The molecule has 0 radical (unpaired) electrons. The number of aldehydes is 1. The normalized spacial score (nSPS) is 10.2. The molecule has 0 atom stereocenters. The topological polar surface area (TPSA) is 30.0 Å². The monoisotopic (exact) mass is 247 g/mol. The first kappa shape index (κ1) is 11.8. The van der Waals surface area contributed by atoms with E-state index in [1.165, 1.54) is 12.3 Å². The van der Waals surface area contributed by atoms with Crippen molar-refractivity contribution in [1.82, 2.24) is 4.98 Å². The summed E-state index contributed by atoms with van der Waals surface area (Å²) in [5.41, 5.74) is 1.47. The molecule has 2 rings (SSSR count). The zero-order chi connectivity index (χ0) is 12.1. The van der Waals surface area contributed by atoms with Gasteiger partial charge >= 0.3 is 0 Å². The maximum Gasteiger partial charge on any atom is 0.150 e. The molecule has 0 aliphatic heterocycles. The van der Waals surface area contributed by atoms with Crippen LogP contribution in [0, 0.1) is 5.82 Å². The summed E-state index contributed by atoms with van der Waals surface area (Å²) in [6.45, 7) is 0. The lowest BCUT2D eigenvalue weighted by molar-refractivity contribution is 0.112. The van der Waals surface area contributed by atoms with Gasteiger partial charge in [0.1, 0.15) is 12.1 Å². The van der Waals surface area contributed by atoms with Crippen molar-refractivity contribution in [2.75, 3.05) is 0 Å². The van der Waals surface area contributed by atoms with Crippen LogP contribution >= 0.6 is 11.8 Å². The minimum atomic E-state index is -0.329. The summed E-state index contributed by atoms with van der Waals surface area (Å²) in [6, 6.07) is 8.77. The van der Waals surface area contributed by atoms with E-state index in [1.807, 2.05) is 18.2 Å². The van der Waals surface area contributed by atoms with Gasteiger partial charge in [-0.15, -0.1) is 11.8 Å². The van der Waals surface area contributed by atoms with E-state index in [-0.39, 0.29) is 5.82 Å². The third-order valence-electron chi connectivity index (χ3n) is 2.16. The first-order valence-corrected chi connectivity index (χ1v) is 6.04. The maximum atomic E-state index is 12.9. The minimum absolute atomic E-state index is 0.329. The summed E-state index contributed by atoms with van der Waals surface area (Å²) < 4.78 is 12.9. The molecule has 86 valence electrons. The number of aromatic nitrogens is 1. The summed E-state index contributed by atoms with van der Waals surface area (Å²) in [6.07, 6.45) is 3.63. The average Bonchev–Trinajstić information content (AvgIpc) is 2.37. The smallest absolute Gasteiger partial charge is 0.150 e. The van der Waals surface area contributed by atoms with E-state index in [9.17, 15) is 9.18 Å². The molecule has 2 nitrogen and oxygen atoms in total. The molecule has 0 amide bonds. The molecule has 0 bridgehead atoms. The molecule has 0 aliphatic carbocycles. The second kappa shape index (κ2) is 5.59. The number of rotatable bonds is 4. The molecule has 0 aliphatic rings. The van der Waals surface area contributed by atoms with Crippen LogP contribution in [0.4, 0.5) is 4.39 Å². The third kappa shape index (κ3) is 3.39. The van der Waals surface area contributed by atoms with Gasteiger partial charge in [0.2, 0.25) is 0 Å². The standard InChI is InChI=1S/C13H10FNOS/c14-12-4-11(6-15-7-12)9-17-13-3-1-2-10(5-13)8-16/h1-8H,9H2. The largest absolute Gasteiger partial charge is 0.298 e. The number of hydrogen-bond acceptors (Lipinski definition) is 3. The SMILES string of the molecule is O=Cc1cccc(SCc2cncc(F)c2)c1. The Bertz CT molecular complexity index is 530. The van der Waals surface area contributed by atoms with E-state index >= 15 is 0 Å². The van der Waals surface area contributed by atoms with Gasteiger partial charge in [0.15, 0.2) is 0 Å². The van der Waals surface area contributed by atoms with Crippen molar-refractivity contribution in [3.63, 3.8) is 0 Å². The van der Waals surface area contributed by atoms with Crippen molar-refractivity contribution in [3.05, 3.63) is 59.7 Å². The predicted octanol–water partition coefficient (Wildman–Crippen LogP) is 3.33.